The summed E-state index contributed by atoms with van der Waals surface area (Å²) in [5.74, 6) is 0. The average molecular weight is 143 g/mol. The van der Waals surface area contributed by atoms with Gasteiger partial charge >= 0.3 is 80.9 Å². The van der Waals surface area contributed by atoms with Crippen LogP contribution in [0.15, 0.2) is 0 Å². The van der Waals surface area contributed by atoms with Gasteiger partial charge in [0.25, 0.3) is 0 Å². The summed E-state index contributed by atoms with van der Waals surface area (Å²) in [6.45, 7) is 0. The van der Waals surface area contributed by atoms with Crippen molar-refractivity contribution < 1.29 is 90.7 Å². The predicted molar refractivity (Wildman–Crippen MR) is 10.4 cm³/mol. The summed E-state index contributed by atoms with van der Waals surface area (Å²) in [5, 5.41) is 14.8. The van der Waals surface area contributed by atoms with Crippen molar-refractivity contribution >= 4 is 0 Å². The zero-order valence-electron chi connectivity index (χ0n) is 4.05. The average Bonchev–Trinajstić information content (AvgIpc) is 0.811. The normalized spacial score (nSPS) is 3.43. The Kier molecular flexibility index (Phi) is 52.0. The van der Waals surface area contributed by atoms with E-state index in [1.54, 1.807) is 0 Å². The van der Waals surface area contributed by atoms with E-state index in [9.17, 15) is 0 Å². The molecule has 0 bridgehead atoms. The van der Waals surface area contributed by atoms with E-state index in [1.807, 2.05) is 0 Å². The van der Waals surface area contributed by atoms with Crippen LogP contribution < -0.4 is 85.6 Å². The van der Waals surface area contributed by atoms with Crippen LogP contribution in [0.3, 0.4) is 0 Å². The van der Waals surface area contributed by atoms with E-state index in [4.69, 9.17) is 15.3 Å². The van der Waals surface area contributed by atoms with Crippen LogP contribution in [0.25, 0.3) is 0 Å². The first-order chi connectivity index (χ1) is 1.73. The van der Waals surface area contributed by atoms with Gasteiger partial charge in [-0.1, -0.05) is 0 Å². The Morgan fingerprint density at radius 3 is 1.29 bits per heavy atom. The number of hydrogen-bond acceptors (Lipinski definition) is 3. The largest absolute Gasteiger partial charge is 1.00 e. The fourth-order valence-corrected chi connectivity index (χ4v) is 0. The molecular weight excluding hydrogens is 143 g/mol. The Labute approximate surface area is 104 Å². The van der Waals surface area contributed by atoms with Crippen LogP contribution in [0, 0.1) is 15.3 Å². The van der Waals surface area contributed by atoms with Crippen LogP contribution >= 0.6 is 0 Å². The summed E-state index contributed by atoms with van der Waals surface area (Å²) in [6.07, 6.45) is 0. The number of halogens is 1. The van der Waals surface area contributed by atoms with Crippen molar-refractivity contribution in [2.24, 2.45) is 0 Å². The molecule has 0 rings (SSSR count). The fraction of sp³-hybridized carbons (Fsp3) is 0. The summed E-state index contributed by atoms with van der Waals surface area (Å²) in [4.78, 5) is 8.25. The molecule has 0 N–H and O–H groups in total. The van der Waals surface area contributed by atoms with E-state index in [2.05, 4.69) is 0 Å². The third-order valence-corrected chi connectivity index (χ3v) is 0. The van der Waals surface area contributed by atoms with E-state index in [0.717, 1.165) is 0 Å². The van der Waals surface area contributed by atoms with Crippen LogP contribution in [0.5, 0.6) is 0 Å². The molecule has 0 fully saturated rings. The second kappa shape index (κ2) is 15.7. The SMILES string of the molecule is O=[N+]([O-])[O-].[F-].[K+].[Na+]. The van der Waals surface area contributed by atoms with Gasteiger partial charge in [0.15, 0.2) is 0 Å². The molecule has 0 unspecified atom stereocenters. The molecule has 0 spiro atoms. The molecule has 0 radical (unpaired) electrons. The molecule has 0 aromatic rings. The van der Waals surface area contributed by atoms with Crippen LogP contribution in [-0.2, 0) is 0 Å². The molecule has 0 heterocycles. The number of hydrogen-bond donors (Lipinski definition) is 0. The van der Waals surface area contributed by atoms with Gasteiger partial charge in [-0.05, 0) is 0 Å². The van der Waals surface area contributed by atoms with E-state index < -0.39 is 5.09 Å². The van der Waals surface area contributed by atoms with Crippen molar-refractivity contribution in [2.75, 3.05) is 0 Å². The fourth-order valence-electron chi connectivity index (χ4n) is 0. The predicted octanol–water partition coefficient (Wildman–Crippen LogP) is -9.23. The Morgan fingerprint density at radius 1 is 1.29 bits per heavy atom. The van der Waals surface area contributed by atoms with Crippen LogP contribution in [0.1, 0.15) is 0 Å². The second-order valence-electron chi connectivity index (χ2n) is 0.224. The molecular formula is FKNNaO3. The minimum atomic E-state index is -1.75. The minimum absolute atomic E-state index is 0. The Balaban J connectivity index is -0.0000000150. The second-order valence-corrected chi connectivity index (χ2v) is 0.224. The molecule has 0 amide bonds. The maximum absolute atomic E-state index is 8.25. The quantitative estimate of drug-likeness (QED) is 0.192. The first kappa shape index (κ1) is 23.3. The monoisotopic (exact) mass is 143 g/mol. The molecule has 32 valence electrons. The van der Waals surface area contributed by atoms with Crippen molar-refractivity contribution in [1.82, 2.24) is 0 Å². The van der Waals surface area contributed by atoms with Crippen molar-refractivity contribution in [3.8, 4) is 0 Å². The van der Waals surface area contributed by atoms with Crippen molar-refractivity contribution in [3.63, 3.8) is 0 Å². The van der Waals surface area contributed by atoms with Gasteiger partial charge in [0.1, 0.15) is 0 Å². The number of nitrogens with zero attached hydrogens (tertiary/aromatic N) is 1. The third kappa shape index (κ3) is 82.8. The molecule has 0 aliphatic rings. The van der Waals surface area contributed by atoms with E-state index in [0.29, 0.717) is 0 Å². The maximum Gasteiger partial charge on any atom is 1.00 e. The first-order valence-corrected chi connectivity index (χ1v) is 0.548. The molecule has 7 heavy (non-hydrogen) atoms. The number of rotatable bonds is 0. The zero-order valence-corrected chi connectivity index (χ0v) is 9.17. The van der Waals surface area contributed by atoms with Crippen molar-refractivity contribution in [3.05, 3.63) is 15.3 Å². The van der Waals surface area contributed by atoms with Crippen LogP contribution in [-0.4, -0.2) is 5.09 Å². The van der Waals surface area contributed by atoms with Crippen LogP contribution in [0.4, 0.5) is 0 Å². The van der Waals surface area contributed by atoms with Crippen LogP contribution in [0.2, 0.25) is 0 Å². The Bertz CT molecular complexity index is 37.9. The van der Waals surface area contributed by atoms with E-state index in [1.165, 1.54) is 0 Å². The van der Waals surface area contributed by atoms with Gasteiger partial charge in [0, 0.05) is 0 Å². The molecule has 7 heteroatoms. The van der Waals surface area contributed by atoms with Gasteiger partial charge in [0.05, 0.1) is 5.09 Å². The van der Waals surface area contributed by atoms with Gasteiger partial charge in [-0.25, -0.2) is 0 Å². The third-order valence-electron chi connectivity index (χ3n) is 0. The summed E-state index contributed by atoms with van der Waals surface area (Å²) >= 11 is 0. The van der Waals surface area contributed by atoms with E-state index >= 15 is 0 Å². The molecule has 0 atom stereocenters. The minimum Gasteiger partial charge on any atom is -1.00 e. The molecule has 0 saturated carbocycles. The van der Waals surface area contributed by atoms with Gasteiger partial charge < -0.3 is 20.0 Å². The van der Waals surface area contributed by atoms with Gasteiger partial charge in [0.2, 0.25) is 0 Å². The molecule has 4 nitrogen and oxygen atoms in total. The summed E-state index contributed by atoms with van der Waals surface area (Å²) < 4.78 is 0. The van der Waals surface area contributed by atoms with Crippen molar-refractivity contribution in [2.45, 2.75) is 0 Å². The molecule has 0 aliphatic carbocycles. The zero-order chi connectivity index (χ0) is 3.58. The maximum atomic E-state index is 8.25. The first-order valence-electron chi connectivity index (χ1n) is 0.548. The molecule has 0 saturated heterocycles. The van der Waals surface area contributed by atoms with Gasteiger partial charge in [-0.2, -0.15) is 0 Å². The smallest absolute Gasteiger partial charge is 1.00 e. The molecule has 0 aromatic heterocycles. The molecule has 0 aromatic carbocycles. The standard InChI is InChI=1S/FH.K.NO3.Na/c;;2-1(3)4;/h1H;;;/q;+1;-1;+1/p-1. The summed E-state index contributed by atoms with van der Waals surface area (Å²) in [7, 11) is 0. The Morgan fingerprint density at radius 2 is 1.29 bits per heavy atom. The van der Waals surface area contributed by atoms with Gasteiger partial charge in [-0.3, -0.25) is 0 Å². The van der Waals surface area contributed by atoms with Crippen molar-refractivity contribution in [1.29, 1.82) is 0 Å². The van der Waals surface area contributed by atoms with Gasteiger partial charge in [-0.15, -0.1) is 0 Å². The van der Waals surface area contributed by atoms with E-state index in [-0.39, 0.29) is 85.6 Å². The Hall–Kier alpha value is 1.77. The molecule has 0 aliphatic heterocycles. The summed E-state index contributed by atoms with van der Waals surface area (Å²) in [6, 6.07) is 0. The topological polar surface area (TPSA) is 66.2 Å². The summed E-state index contributed by atoms with van der Waals surface area (Å²) in [5.41, 5.74) is 0.